The molecule has 5 unspecified atom stereocenters. The lowest BCUT2D eigenvalue weighted by molar-refractivity contribution is 0.00171. The minimum Gasteiger partial charge on any atom is -0.497 e. The molecule has 250 valence electrons. The monoisotopic (exact) mass is 671 g/mol. The van der Waals surface area contributed by atoms with Gasteiger partial charge in [-0.2, -0.15) is 0 Å². The average Bonchev–Trinajstić information content (AvgIpc) is 3.17. The topological polar surface area (TPSA) is 72.9 Å². The van der Waals surface area contributed by atoms with E-state index in [1.807, 2.05) is 66.9 Å². The smallest absolute Gasteiger partial charge is 0.252 e. The number of fused-ring (bicyclic) bond motifs is 4. The number of nitrogens with zero attached hydrogens (tertiary/aromatic N) is 2. The van der Waals surface area contributed by atoms with Gasteiger partial charge in [0, 0.05) is 29.7 Å². The van der Waals surface area contributed by atoms with Crippen molar-refractivity contribution < 1.29 is 19.0 Å². The summed E-state index contributed by atoms with van der Waals surface area (Å²) in [4.78, 5) is 22.1. The standard InChI is InChI=1S/C41H42N3O4P/c1-5-27-26-44-23-21-28(27)24-38(44)40(34-20-22-42-37-19-14-31(48-4)25-36(34)37)43-41(45)35-8-6-7-9-39(35)49(32-15-10-29(46-2)11-16-32)33-17-12-30(47-3)13-18-33/h5-20,22,25,27-28,38,40H,1,21,23-24,26H2,2-4H3,(H,43,45). The van der Waals surface area contributed by atoms with E-state index in [1.165, 1.54) is 0 Å². The van der Waals surface area contributed by atoms with Crippen LogP contribution in [-0.4, -0.2) is 56.3 Å². The summed E-state index contributed by atoms with van der Waals surface area (Å²) in [7, 11) is 3.93. The zero-order valence-electron chi connectivity index (χ0n) is 28.2. The van der Waals surface area contributed by atoms with Crippen molar-refractivity contribution in [3.63, 3.8) is 0 Å². The van der Waals surface area contributed by atoms with Crippen LogP contribution in [0.25, 0.3) is 10.9 Å². The predicted octanol–water partition coefficient (Wildman–Crippen LogP) is 6.39. The van der Waals surface area contributed by atoms with Gasteiger partial charge in [-0.05, 0) is 115 Å². The van der Waals surface area contributed by atoms with Crippen molar-refractivity contribution in [2.75, 3.05) is 34.4 Å². The van der Waals surface area contributed by atoms with Gasteiger partial charge >= 0.3 is 0 Å². The van der Waals surface area contributed by atoms with Gasteiger partial charge in [0.2, 0.25) is 0 Å². The molecule has 4 aromatic carbocycles. The molecule has 0 aliphatic carbocycles. The zero-order valence-corrected chi connectivity index (χ0v) is 29.1. The predicted molar refractivity (Wildman–Crippen MR) is 199 cm³/mol. The summed E-state index contributed by atoms with van der Waals surface area (Å²) in [6.45, 7) is 6.11. The van der Waals surface area contributed by atoms with Crippen molar-refractivity contribution in [2.24, 2.45) is 11.8 Å². The lowest BCUT2D eigenvalue weighted by atomic mass is 9.73. The molecule has 8 heteroatoms. The van der Waals surface area contributed by atoms with Crippen molar-refractivity contribution in [1.29, 1.82) is 0 Å². The largest absolute Gasteiger partial charge is 0.497 e. The fraction of sp³-hybridized carbons (Fsp3) is 0.268. The lowest BCUT2D eigenvalue weighted by Gasteiger charge is -2.51. The quantitative estimate of drug-likeness (QED) is 0.130. The Morgan fingerprint density at radius 3 is 2.16 bits per heavy atom. The van der Waals surface area contributed by atoms with Crippen LogP contribution in [0.2, 0.25) is 0 Å². The number of aromatic nitrogens is 1. The van der Waals surface area contributed by atoms with Crippen LogP contribution in [0.1, 0.15) is 34.8 Å². The summed E-state index contributed by atoms with van der Waals surface area (Å²) >= 11 is 0. The summed E-state index contributed by atoms with van der Waals surface area (Å²) < 4.78 is 16.6. The first-order valence-corrected chi connectivity index (χ1v) is 18.1. The molecule has 4 heterocycles. The molecule has 1 aromatic heterocycles. The molecule has 7 nitrogen and oxygen atoms in total. The van der Waals surface area contributed by atoms with Crippen LogP contribution in [-0.2, 0) is 0 Å². The number of hydrogen-bond acceptors (Lipinski definition) is 6. The Morgan fingerprint density at radius 1 is 0.898 bits per heavy atom. The van der Waals surface area contributed by atoms with E-state index in [-0.39, 0.29) is 18.0 Å². The van der Waals surface area contributed by atoms with Gasteiger partial charge in [-0.25, -0.2) is 0 Å². The van der Waals surface area contributed by atoms with Gasteiger partial charge in [-0.1, -0.05) is 48.5 Å². The Hall–Kier alpha value is -4.71. The highest BCUT2D eigenvalue weighted by atomic mass is 31.1. The molecule has 3 saturated heterocycles. The van der Waals surface area contributed by atoms with Crippen LogP contribution < -0.4 is 35.4 Å². The second kappa shape index (κ2) is 14.4. The molecule has 5 atom stereocenters. The maximum absolute atomic E-state index is 14.8. The number of ether oxygens (including phenoxy) is 3. The van der Waals surface area contributed by atoms with Crippen molar-refractivity contribution in [2.45, 2.75) is 24.9 Å². The van der Waals surface area contributed by atoms with Gasteiger partial charge in [0.05, 0.1) is 32.9 Å². The van der Waals surface area contributed by atoms with E-state index in [0.717, 1.165) is 75.6 Å². The average molecular weight is 672 g/mol. The Bertz CT molecular complexity index is 1900. The van der Waals surface area contributed by atoms with E-state index in [9.17, 15) is 4.79 Å². The highest BCUT2D eigenvalue weighted by molar-refractivity contribution is 7.80. The van der Waals surface area contributed by atoms with Crippen molar-refractivity contribution in [3.05, 3.63) is 127 Å². The summed E-state index contributed by atoms with van der Waals surface area (Å²) in [5.74, 6) is 3.26. The maximum Gasteiger partial charge on any atom is 0.252 e. The number of rotatable bonds is 11. The number of methoxy groups -OCH3 is 3. The van der Waals surface area contributed by atoms with Crippen molar-refractivity contribution >= 4 is 40.6 Å². The number of benzene rings is 4. The fourth-order valence-corrected chi connectivity index (χ4v) is 10.0. The molecule has 0 radical (unpaired) electrons. The first-order chi connectivity index (χ1) is 24.0. The first kappa shape index (κ1) is 32.8. The van der Waals surface area contributed by atoms with E-state index in [4.69, 9.17) is 14.2 Å². The van der Waals surface area contributed by atoms with Crippen LogP contribution in [0, 0.1) is 11.8 Å². The molecule has 2 bridgehead atoms. The van der Waals surface area contributed by atoms with E-state index in [0.29, 0.717) is 17.4 Å². The number of hydrogen-bond donors (Lipinski definition) is 1. The van der Waals surface area contributed by atoms with Gasteiger partial charge in [-0.3, -0.25) is 14.7 Å². The van der Waals surface area contributed by atoms with Gasteiger partial charge in [0.15, 0.2) is 0 Å². The molecule has 3 aliphatic heterocycles. The summed E-state index contributed by atoms with van der Waals surface area (Å²) in [5.41, 5.74) is 2.59. The minimum absolute atomic E-state index is 0.0918. The fourth-order valence-electron chi connectivity index (χ4n) is 7.62. The van der Waals surface area contributed by atoms with E-state index >= 15 is 0 Å². The summed E-state index contributed by atoms with van der Waals surface area (Å²) in [6, 6.07) is 32.3. The third-order valence-electron chi connectivity index (χ3n) is 10.2. The highest BCUT2D eigenvalue weighted by Crippen LogP contribution is 2.43. The lowest BCUT2D eigenvalue weighted by Crippen LogP contribution is -2.57. The molecule has 49 heavy (non-hydrogen) atoms. The van der Waals surface area contributed by atoms with Crippen LogP contribution >= 0.6 is 7.92 Å². The summed E-state index contributed by atoms with van der Waals surface area (Å²) in [5, 5.41) is 7.82. The number of amides is 1. The number of nitrogens with one attached hydrogen (secondary N) is 1. The van der Waals surface area contributed by atoms with E-state index in [1.54, 1.807) is 21.3 Å². The molecule has 5 aromatic rings. The molecular formula is C41H42N3O4P. The number of carbonyl (C=O) groups is 1. The second-order valence-electron chi connectivity index (χ2n) is 12.7. The molecule has 0 saturated carbocycles. The maximum atomic E-state index is 14.8. The summed E-state index contributed by atoms with van der Waals surface area (Å²) in [6.07, 6.45) is 6.11. The third-order valence-corrected chi connectivity index (χ3v) is 12.7. The SMILES string of the molecule is C=CC1CN2CCC1CC2C(NC(=O)c1ccccc1P(c1ccc(OC)cc1)c1ccc(OC)cc1)c1ccnc2ccc(OC)cc12. The molecule has 1 amide bonds. The minimum atomic E-state index is -1.10. The Labute approximate surface area is 289 Å². The first-order valence-electron chi connectivity index (χ1n) is 16.8. The van der Waals surface area contributed by atoms with Crippen LogP contribution in [0.5, 0.6) is 17.2 Å². The van der Waals surface area contributed by atoms with Crippen LogP contribution in [0.4, 0.5) is 0 Å². The van der Waals surface area contributed by atoms with Crippen LogP contribution in [0.15, 0.2) is 116 Å². The van der Waals surface area contributed by atoms with Crippen LogP contribution in [0.3, 0.4) is 0 Å². The van der Waals surface area contributed by atoms with Gasteiger partial charge < -0.3 is 19.5 Å². The normalized spacial score (nSPS) is 20.5. The second-order valence-corrected chi connectivity index (χ2v) is 14.9. The number of piperidine rings is 3. The Morgan fingerprint density at radius 2 is 1.55 bits per heavy atom. The third kappa shape index (κ3) is 6.53. The van der Waals surface area contributed by atoms with Gasteiger partial charge in [-0.15, -0.1) is 6.58 Å². The Balaban J connectivity index is 1.32. The highest BCUT2D eigenvalue weighted by Gasteiger charge is 2.43. The molecule has 8 rings (SSSR count). The number of pyridine rings is 1. The van der Waals surface area contributed by atoms with Gasteiger partial charge in [0.1, 0.15) is 17.2 Å². The van der Waals surface area contributed by atoms with E-state index in [2.05, 4.69) is 64.3 Å². The van der Waals surface area contributed by atoms with E-state index < -0.39 is 7.92 Å². The molecule has 3 aliphatic rings. The number of carbonyl (C=O) groups excluding carboxylic acids is 1. The van der Waals surface area contributed by atoms with Gasteiger partial charge in [0.25, 0.3) is 5.91 Å². The zero-order chi connectivity index (χ0) is 33.9. The van der Waals surface area contributed by atoms with Crippen molar-refractivity contribution in [3.8, 4) is 17.2 Å². The Kier molecular flexibility index (Phi) is 9.65. The molecule has 1 N–H and O–H groups in total. The van der Waals surface area contributed by atoms with Crippen molar-refractivity contribution in [1.82, 2.24) is 15.2 Å². The molecular weight excluding hydrogens is 629 g/mol. The molecule has 0 spiro atoms. The molecule has 3 fully saturated rings.